The Morgan fingerprint density at radius 2 is 2.29 bits per heavy atom. The first-order valence-corrected chi connectivity index (χ1v) is 5.26. The minimum absolute atomic E-state index is 0.306. The van der Waals surface area contributed by atoms with Gasteiger partial charge in [0.15, 0.2) is 0 Å². The highest BCUT2D eigenvalue weighted by Gasteiger charge is 2.39. The predicted molar refractivity (Wildman–Crippen MR) is 56.0 cm³/mol. The molecule has 0 saturated heterocycles. The lowest BCUT2D eigenvalue weighted by Crippen LogP contribution is -2.37. The predicted octanol–water partition coefficient (Wildman–Crippen LogP) is 1.56. The second-order valence-corrected chi connectivity index (χ2v) is 4.19. The Labute approximate surface area is 84.8 Å². The van der Waals surface area contributed by atoms with Crippen molar-refractivity contribution in [3.05, 3.63) is 23.8 Å². The molecule has 0 bridgehead atoms. The van der Waals surface area contributed by atoms with E-state index >= 15 is 0 Å². The molecule has 1 saturated carbocycles. The Bertz CT molecular complexity index is 318. The summed E-state index contributed by atoms with van der Waals surface area (Å²) in [6.45, 7) is 2.82. The maximum Gasteiger partial charge on any atom is 0.115 e. The number of aromatic nitrogens is 2. The summed E-state index contributed by atoms with van der Waals surface area (Å²) >= 11 is 0. The van der Waals surface area contributed by atoms with Gasteiger partial charge in [0, 0.05) is 11.9 Å². The van der Waals surface area contributed by atoms with Crippen LogP contribution in [0.25, 0.3) is 0 Å². The van der Waals surface area contributed by atoms with Crippen LogP contribution in [0.5, 0.6) is 0 Å². The van der Waals surface area contributed by atoms with Crippen LogP contribution in [0.15, 0.2) is 12.5 Å². The SMILES string of the molecule is Cc1ncncc1C1(CCN)CCC1. The topological polar surface area (TPSA) is 51.8 Å². The van der Waals surface area contributed by atoms with E-state index in [1.165, 1.54) is 24.8 Å². The maximum absolute atomic E-state index is 5.67. The number of rotatable bonds is 3. The van der Waals surface area contributed by atoms with Gasteiger partial charge >= 0.3 is 0 Å². The van der Waals surface area contributed by atoms with Crippen LogP contribution in [0.1, 0.15) is 36.9 Å². The summed E-state index contributed by atoms with van der Waals surface area (Å²) in [5.41, 5.74) is 8.41. The molecule has 1 aliphatic carbocycles. The average molecular weight is 191 g/mol. The molecule has 0 aliphatic heterocycles. The van der Waals surface area contributed by atoms with Crippen LogP contribution in [0.3, 0.4) is 0 Å². The molecule has 0 atom stereocenters. The highest BCUT2D eigenvalue weighted by molar-refractivity contribution is 5.28. The molecular formula is C11H17N3. The summed E-state index contributed by atoms with van der Waals surface area (Å²) in [5, 5.41) is 0. The molecular weight excluding hydrogens is 174 g/mol. The first-order chi connectivity index (χ1) is 6.78. The van der Waals surface area contributed by atoms with Crippen molar-refractivity contribution in [1.29, 1.82) is 0 Å². The number of nitrogens with two attached hydrogens (primary N) is 1. The van der Waals surface area contributed by atoms with E-state index in [1.807, 2.05) is 6.20 Å². The molecule has 0 unspecified atom stereocenters. The molecule has 14 heavy (non-hydrogen) atoms. The van der Waals surface area contributed by atoms with E-state index in [0.717, 1.165) is 18.7 Å². The molecule has 1 fully saturated rings. The summed E-state index contributed by atoms with van der Waals surface area (Å²) in [6, 6.07) is 0. The third kappa shape index (κ3) is 1.42. The second kappa shape index (κ2) is 3.65. The molecule has 0 aromatic carbocycles. The van der Waals surface area contributed by atoms with Gasteiger partial charge in [-0.15, -0.1) is 0 Å². The minimum Gasteiger partial charge on any atom is -0.330 e. The van der Waals surface area contributed by atoms with Gasteiger partial charge in [0.05, 0.1) is 0 Å². The monoisotopic (exact) mass is 191 g/mol. The van der Waals surface area contributed by atoms with Crippen LogP contribution < -0.4 is 5.73 Å². The van der Waals surface area contributed by atoms with Gasteiger partial charge in [-0.3, -0.25) is 0 Å². The standard InChI is InChI=1S/C11H17N3/c1-9-10(7-13-8-14-9)11(5-6-12)3-2-4-11/h7-8H,2-6,12H2,1H3. The molecule has 0 amide bonds. The van der Waals surface area contributed by atoms with Gasteiger partial charge in [-0.05, 0) is 43.7 Å². The molecule has 2 N–H and O–H groups in total. The Hall–Kier alpha value is -0.960. The Kier molecular flexibility index (Phi) is 2.50. The van der Waals surface area contributed by atoms with Crippen LogP contribution >= 0.6 is 0 Å². The smallest absolute Gasteiger partial charge is 0.115 e. The van der Waals surface area contributed by atoms with Crippen LogP contribution in [-0.4, -0.2) is 16.5 Å². The molecule has 1 aromatic rings. The highest BCUT2D eigenvalue weighted by Crippen LogP contribution is 2.46. The van der Waals surface area contributed by atoms with E-state index < -0.39 is 0 Å². The van der Waals surface area contributed by atoms with E-state index in [-0.39, 0.29) is 0 Å². The van der Waals surface area contributed by atoms with Gasteiger partial charge in [-0.2, -0.15) is 0 Å². The van der Waals surface area contributed by atoms with Gasteiger partial charge in [-0.1, -0.05) is 6.42 Å². The first-order valence-electron chi connectivity index (χ1n) is 5.26. The van der Waals surface area contributed by atoms with Crippen molar-refractivity contribution in [2.75, 3.05) is 6.54 Å². The number of hydrogen-bond acceptors (Lipinski definition) is 3. The molecule has 1 aromatic heterocycles. The zero-order chi connectivity index (χ0) is 10.0. The fraction of sp³-hybridized carbons (Fsp3) is 0.636. The van der Waals surface area contributed by atoms with Crippen LogP contribution in [-0.2, 0) is 5.41 Å². The van der Waals surface area contributed by atoms with Crippen molar-refractivity contribution in [3.63, 3.8) is 0 Å². The van der Waals surface area contributed by atoms with Gasteiger partial charge < -0.3 is 5.73 Å². The van der Waals surface area contributed by atoms with Gasteiger partial charge in [0.1, 0.15) is 6.33 Å². The van der Waals surface area contributed by atoms with Crippen molar-refractivity contribution in [1.82, 2.24) is 9.97 Å². The molecule has 1 heterocycles. The van der Waals surface area contributed by atoms with E-state index in [2.05, 4.69) is 16.9 Å². The zero-order valence-electron chi connectivity index (χ0n) is 8.66. The molecule has 1 aliphatic rings. The number of hydrogen-bond donors (Lipinski definition) is 1. The largest absolute Gasteiger partial charge is 0.330 e. The van der Waals surface area contributed by atoms with E-state index in [0.29, 0.717) is 5.41 Å². The summed E-state index contributed by atoms with van der Waals surface area (Å²) in [5.74, 6) is 0. The lowest BCUT2D eigenvalue weighted by molar-refractivity contribution is 0.227. The van der Waals surface area contributed by atoms with Crippen LogP contribution in [0.4, 0.5) is 0 Å². The normalized spacial score (nSPS) is 19.0. The van der Waals surface area contributed by atoms with Crippen molar-refractivity contribution >= 4 is 0 Å². The molecule has 76 valence electrons. The van der Waals surface area contributed by atoms with E-state index in [1.54, 1.807) is 6.33 Å². The Morgan fingerprint density at radius 1 is 1.50 bits per heavy atom. The summed E-state index contributed by atoms with van der Waals surface area (Å²) < 4.78 is 0. The van der Waals surface area contributed by atoms with Crippen LogP contribution in [0.2, 0.25) is 0 Å². The molecule has 0 spiro atoms. The third-order valence-corrected chi connectivity index (χ3v) is 3.42. The number of aryl methyl sites for hydroxylation is 1. The average Bonchev–Trinajstić information content (AvgIpc) is 2.13. The second-order valence-electron chi connectivity index (χ2n) is 4.19. The Balaban J connectivity index is 2.32. The lowest BCUT2D eigenvalue weighted by atomic mass is 9.62. The lowest BCUT2D eigenvalue weighted by Gasteiger charge is -2.42. The summed E-state index contributed by atoms with van der Waals surface area (Å²) in [6.07, 6.45) is 8.47. The highest BCUT2D eigenvalue weighted by atomic mass is 14.8. The molecule has 3 heteroatoms. The molecule has 3 nitrogen and oxygen atoms in total. The Morgan fingerprint density at radius 3 is 2.79 bits per heavy atom. The molecule has 2 rings (SSSR count). The quantitative estimate of drug-likeness (QED) is 0.788. The fourth-order valence-corrected chi connectivity index (χ4v) is 2.45. The van der Waals surface area contributed by atoms with E-state index in [4.69, 9.17) is 5.73 Å². The summed E-state index contributed by atoms with van der Waals surface area (Å²) in [4.78, 5) is 8.38. The van der Waals surface area contributed by atoms with Crippen molar-refractivity contribution < 1.29 is 0 Å². The van der Waals surface area contributed by atoms with Crippen molar-refractivity contribution in [3.8, 4) is 0 Å². The minimum atomic E-state index is 0.306. The zero-order valence-corrected chi connectivity index (χ0v) is 8.66. The summed E-state index contributed by atoms with van der Waals surface area (Å²) in [7, 11) is 0. The molecule has 0 radical (unpaired) electrons. The fourth-order valence-electron chi connectivity index (χ4n) is 2.45. The van der Waals surface area contributed by atoms with Crippen molar-refractivity contribution in [2.45, 2.75) is 38.0 Å². The van der Waals surface area contributed by atoms with Crippen molar-refractivity contribution in [2.24, 2.45) is 5.73 Å². The first kappa shape index (κ1) is 9.59. The maximum atomic E-state index is 5.67. The van der Waals surface area contributed by atoms with Gasteiger partial charge in [0.25, 0.3) is 0 Å². The van der Waals surface area contributed by atoms with Gasteiger partial charge in [0.2, 0.25) is 0 Å². The van der Waals surface area contributed by atoms with E-state index in [9.17, 15) is 0 Å². The number of nitrogens with zero attached hydrogens (tertiary/aromatic N) is 2. The van der Waals surface area contributed by atoms with Gasteiger partial charge in [-0.25, -0.2) is 9.97 Å². The van der Waals surface area contributed by atoms with Crippen LogP contribution in [0, 0.1) is 6.92 Å². The third-order valence-electron chi connectivity index (χ3n) is 3.42.